The number of hydrogen-bond acceptors (Lipinski definition) is 4. The van der Waals surface area contributed by atoms with Gasteiger partial charge in [0.2, 0.25) is 5.91 Å². The highest BCUT2D eigenvalue weighted by atomic mass is 35.5. The average molecular weight is 361 g/mol. The van der Waals surface area contributed by atoms with Crippen LogP contribution in [-0.2, 0) is 9.59 Å². The molecule has 4 rings (SSSR count). The Kier molecular flexibility index (Phi) is 4.13. The van der Waals surface area contributed by atoms with Gasteiger partial charge in [0.05, 0.1) is 12.0 Å². The van der Waals surface area contributed by atoms with Gasteiger partial charge in [0.1, 0.15) is 18.1 Å². The molecule has 1 fully saturated rings. The first-order valence-corrected chi connectivity index (χ1v) is 8.53. The smallest absolute Gasteiger partial charge is 0.265 e. The van der Waals surface area contributed by atoms with Crippen LogP contribution in [0, 0.1) is 0 Å². The van der Waals surface area contributed by atoms with Crippen molar-refractivity contribution >= 4 is 29.1 Å². The zero-order chi connectivity index (χ0) is 17.4. The summed E-state index contributed by atoms with van der Waals surface area (Å²) in [6.45, 7) is 1.18. The largest absolute Gasteiger partial charge is 0.482 e. The number of furan rings is 1. The molecular weight excluding hydrogens is 344 g/mol. The lowest BCUT2D eigenvalue weighted by Crippen LogP contribution is -2.46. The lowest BCUT2D eigenvalue weighted by atomic mass is 10.1. The highest BCUT2D eigenvalue weighted by molar-refractivity contribution is 6.31. The molecule has 0 saturated carbocycles. The van der Waals surface area contributed by atoms with Gasteiger partial charge in [0.15, 0.2) is 6.61 Å². The second-order valence-electron chi connectivity index (χ2n) is 6.22. The monoisotopic (exact) mass is 360 g/mol. The summed E-state index contributed by atoms with van der Waals surface area (Å²) in [6, 6.07) is 8.85. The van der Waals surface area contributed by atoms with Gasteiger partial charge in [-0.2, -0.15) is 0 Å². The number of likely N-dealkylation sites (tertiary alicyclic amines) is 1. The van der Waals surface area contributed by atoms with E-state index in [1.54, 1.807) is 29.4 Å². The van der Waals surface area contributed by atoms with Crippen LogP contribution in [0.2, 0.25) is 5.02 Å². The van der Waals surface area contributed by atoms with Crippen LogP contribution < -0.4 is 9.64 Å². The number of carbonyl (C=O) groups is 2. The van der Waals surface area contributed by atoms with E-state index in [-0.39, 0.29) is 30.9 Å². The molecule has 0 aliphatic carbocycles. The summed E-state index contributed by atoms with van der Waals surface area (Å²) >= 11 is 6.03. The normalized spacial score (nSPS) is 19.7. The third kappa shape index (κ3) is 3.09. The molecule has 130 valence electrons. The number of hydrogen-bond donors (Lipinski definition) is 0. The number of halogens is 1. The molecule has 1 aromatic heterocycles. The van der Waals surface area contributed by atoms with Crippen LogP contribution in [0.25, 0.3) is 0 Å². The molecule has 1 unspecified atom stereocenters. The molecule has 7 heteroatoms. The highest BCUT2D eigenvalue weighted by Crippen LogP contribution is 2.35. The molecule has 3 heterocycles. The highest BCUT2D eigenvalue weighted by Gasteiger charge is 2.33. The second-order valence-corrected chi connectivity index (χ2v) is 6.66. The molecule has 0 bridgehead atoms. The molecule has 1 saturated heterocycles. The predicted octanol–water partition coefficient (Wildman–Crippen LogP) is 2.67. The van der Waals surface area contributed by atoms with E-state index >= 15 is 0 Å². The van der Waals surface area contributed by atoms with E-state index in [0.29, 0.717) is 29.5 Å². The Morgan fingerprint density at radius 2 is 2.20 bits per heavy atom. The SMILES string of the molecule is O=C(CN1C(=O)COc2ccc(Cl)cc21)N1CCC(c2ccco2)C1. The van der Waals surface area contributed by atoms with Crippen molar-refractivity contribution in [1.29, 1.82) is 0 Å². The van der Waals surface area contributed by atoms with Crippen LogP contribution >= 0.6 is 11.6 Å². The fraction of sp³-hybridized carbons (Fsp3) is 0.333. The maximum Gasteiger partial charge on any atom is 0.265 e. The van der Waals surface area contributed by atoms with Gasteiger partial charge in [-0.3, -0.25) is 14.5 Å². The van der Waals surface area contributed by atoms with Gasteiger partial charge in [-0.05, 0) is 36.8 Å². The first-order valence-electron chi connectivity index (χ1n) is 8.16. The van der Waals surface area contributed by atoms with Gasteiger partial charge in [0, 0.05) is 24.0 Å². The van der Waals surface area contributed by atoms with Crippen molar-refractivity contribution in [2.45, 2.75) is 12.3 Å². The van der Waals surface area contributed by atoms with Gasteiger partial charge in [-0.15, -0.1) is 0 Å². The van der Waals surface area contributed by atoms with E-state index in [0.717, 1.165) is 12.2 Å². The summed E-state index contributed by atoms with van der Waals surface area (Å²) in [6.07, 6.45) is 2.51. The van der Waals surface area contributed by atoms with Gasteiger partial charge in [-0.1, -0.05) is 11.6 Å². The summed E-state index contributed by atoms with van der Waals surface area (Å²) in [5.41, 5.74) is 0.541. The number of amides is 2. The lowest BCUT2D eigenvalue weighted by molar-refractivity contribution is -0.131. The molecule has 2 aliphatic rings. The molecule has 0 N–H and O–H groups in total. The van der Waals surface area contributed by atoms with Crippen LogP contribution in [0.1, 0.15) is 18.1 Å². The molecule has 1 aromatic carbocycles. The molecule has 2 aromatic rings. The summed E-state index contributed by atoms with van der Waals surface area (Å²) in [4.78, 5) is 28.2. The van der Waals surface area contributed by atoms with Crippen molar-refractivity contribution < 1.29 is 18.7 Å². The van der Waals surface area contributed by atoms with E-state index in [9.17, 15) is 9.59 Å². The van der Waals surface area contributed by atoms with Crippen molar-refractivity contribution in [2.75, 3.05) is 31.1 Å². The maximum absolute atomic E-state index is 12.7. The van der Waals surface area contributed by atoms with E-state index in [1.165, 1.54) is 4.90 Å². The van der Waals surface area contributed by atoms with E-state index in [1.807, 2.05) is 12.1 Å². The van der Waals surface area contributed by atoms with Crippen LogP contribution in [0.4, 0.5) is 5.69 Å². The molecule has 2 amide bonds. The molecule has 6 nitrogen and oxygen atoms in total. The van der Waals surface area contributed by atoms with Gasteiger partial charge < -0.3 is 14.1 Å². The molecule has 1 atom stereocenters. The van der Waals surface area contributed by atoms with Crippen LogP contribution in [0.3, 0.4) is 0 Å². The molecule has 0 spiro atoms. The Hall–Kier alpha value is -2.47. The van der Waals surface area contributed by atoms with Crippen LogP contribution in [-0.4, -0.2) is 43.0 Å². The van der Waals surface area contributed by atoms with Crippen molar-refractivity contribution in [3.63, 3.8) is 0 Å². The summed E-state index contributed by atoms with van der Waals surface area (Å²) in [7, 11) is 0. The number of fused-ring (bicyclic) bond motifs is 1. The molecule has 2 aliphatic heterocycles. The van der Waals surface area contributed by atoms with Gasteiger partial charge >= 0.3 is 0 Å². The minimum Gasteiger partial charge on any atom is -0.482 e. The zero-order valence-electron chi connectivity index (χ0n) is 13.5. The average Bonchev–Trinajstić information content (AvgIpc) is 3.28. The lowest BCUT2D eigenvalue weighted by Gasteiger charge is -2.30. The molecular formula is C18H17ClN2O4. The van der Waals surface area contributed by atoms with Crippen molar-refractivity contribution in [2.24, 2.45) is 0 Å². The molecule has 25 heavy (non-hydrogen) atoms. The number of nitrogens with zero attached hydrogens (tertiary/aromatic N) is 2. The Bertz CT molecular complexity index is 805. The minimum absolute atomic E-state index is 0.0135. The van der Waals surface area contributed by atoms with E-state index in [4.69, 9.17) is 20.8 Å². The van der Waals surface area contributed by atoms with Gasteiger partial charge in [0.25, 0.3) is 5.91 Å². The third-order valence-electron chi connectivity index (χ3n) is 4.64. The summed E-state index contributed by atoms with van der Waals surface area (Å²) in [5.74, 6) is 1.34. The van der Waals surface area contributed by atoms with E-state index < -0.39 is 0 Å². The third-order valence-corrected chi connectivity index (χ3v) is 4.88. The number of carbonyl (C=O) groups excluding carboxylic acids is 2. The van der Waals surface area contributed by atoms with Crippen molar-refractivity contribution in [1.82, 2.24) is 4.90 Å². The predicted molar refractivity (Wildman–Crippen MR) is 91.9 cm³/mol. The Labute approximate surface area is 149 Å². The zero-order valence-corrected chi connectivity index (χ0v) is 14.2. The van der Waals surface area contributed by atoms with E-state index in [2.05, 4.69) is 0 Å². The second kappa shape index (κ2) is 6.44. The number of anilines is 1. The first kappa shape index (κ1) is 16.0. The number of rotatable bonds is 3. The van der Waals surface area contributed by atoms with Crippen molar-refractivity contribution in [3.05, 3.63) is 47.4 Å². The number of benzene rings is 1. The summed E-state index contributed by atoms with van der Waals surface area (Å²) < 4.78 is 10.8. The topological polar surface area (TPSA) is 63.0 Å². The Morgan fingerprint density at radius 3 is 3.00 bits per heavy atom. The maximum atomic E-state index is 12.7. The molecule has 0 radical (unpaired) electrons. The van der Waals surface area contributed by atoms with Crippen LogP contribution in [0.5, 0.6) is 5.75 Å². The summed E-state index contributed by atoms with van der Waals surface area (Å²) in [5, 5.41) is 0.494. The van der Waals surface area contributed by atoms with Crippen LogP contribution in [0.15, 0.2) is 41.0 Å². The standard InChI is InChI=1S/C18H17ClN2O4/c19-13-3-4-16-14(8-13)21(18(23)11-25-16)10-17(22)20-6-5-12(9-20)15-2-1-7-24-15/h1-4,7-8,12H,5-6,9-11H2. The Morgan fingerprint density at radius 1 is 1.32 bits per heavy atom. The Balaban J connectivity index is 1.48. The van der Waals surface area contributed by atoms with Gasteiger partial charge in [-0.25, -0.2) is 0 Å². The quantitative estimate of drug-likeness (QED) is 0.844. The first-order chi connectivity index (χ1) is 12.1. The fourth-order valence-electron chi connectivity index (χ4n) is 3.33. The van der Waals surface area contributed by atoms with Crippen molar-refractivity contribution in [3.8, 4) is 5.75 Å². The fourth-order valence-corrected chi connectivity index (χ4v) is 3.49. The minimum atomic E-state index is -0.245. The number of ether oxygens (including phenoxy) is 1.